The van der Waals surface area contributed by atoms with Gasteiger partial charge in [-0.05, 0) is 168 Å². The molecule has 0 bridgehead atoms. The number of benzene rings is 13. The van der Waals surface area contributed by atoms with Crippen LogP contribution in [-0.4, -0.2) is 0 Å². The number of nitriles is 1. The zero-order valence-corrected chi connectivity index (χ0v) is 51.9. The van der Waals surface area contributed by atoms with Gasteiger partial charge in [-0.2, -0.15) is 5.26 Å². The van der Waals surface area contributed by atoms with Gasteiger partial charge in [0, 0.05) is 0 Å². The molecule has 0 fully saturated rings. The van der Waals surface area contributed by atoms with Crippen LogP contribution in [0, 0.1) is 11.3 Å². The van der Waals surface area contributed by atoms with E-state index in [-0.39, 0.29) is 0 Å². The van der Waals surface area contributed by atoms with Crippen LogP contribution in [0.3, 0.4) is 0 Å². The SMILES string of the molecule is CC1(C)CC(C)(C)c2c(N3c4ccc(-c5ccccc5)cc4Oc4cc(-c5ccccc5)ccc43)c(N3c4ccc(-c5ccccc5)cc4Oc4cc(-c5ccccc5)ccc43)c(C#N)c(N3c4ccc(-c5ccccc5)cc4Oc4cc(-c5ccccc5)ccc43)c21. The third-order valence-electron chi connectivity index (χ3n) is 18.9. The van der Waals surface area contributed by atoms with Gasteiger partial charge in [-0.15, -0.1) is 0 Å². The molecule has 7 nitrogen and oxygen atoms in total. The Hall–Kier alpha value is -11.9. The topological polar surface area (TPSA) is 61.2 Å². The fourth-order valence-corrected chi connectivity index (χ4v) is 15.1. The Labute approximate surface area is 542 Å². The predicted molar refractivity (Wildman–Crippen MR) is 379 cm³/mol. The van der Waals surface area contributed by atoms with Gasteiger partial charge < -0.3 is 28.9 Å². The molecule has 0 saturated heterocycles. The van der Waals surface area contributed by atoms with E-state index in [0.29, 0.717) is 45.7 Å². The van der Waals surface area contributed by atoms with Crippen molar-refractivity contribution in [1.82, 2.24) is 0 Å². The molecule has 0 saturated carbocycles. The minimum Gasteiger partial charge on any atom is -0.453 e. The molecule has 0 N–H and O–H groups in total. The Morgan fingerprint density at radius 1 is 0.269 bits per heavy atom. The summed E-state index contributed by atoms with van der Waals surface area (Å²) in [5.74, 6) is 4.03. The van der Waals surface area contributed by atoms with Crippen LogP contribution in [0.2, 0.25) is 0 Å². The second-order valence-corrected chi connectivity index (χ2v) is 25.8. The molecule has 0 unspecified atom stereocenters. The van der Waals surface area contributed by atoms with Crippen molar-refractivity contribution in [3.8, 4) is 107 Å². The van der Waals surface area contributed by atoms with E-state index in [0.717, 1.165) is 130 Å². The number of anilines is 9. The van der Waals surface area contributed by atoms with Gasteiger partial charge in [-0.3, -0.25) is 0 Å². The van der Waals surface area contributed by atoms with Crippen LogP contribution >= 0.6 is 0 Å². The number of hydrogen-bond acceptors (Lipinski definition) is 7. The molecule has 0 amide bonds. The molecule has 0 atom stereocenters. The molecule has 0 radical (unpaired) electrons. The van der Waals surface area contributed by atoms with Crippen molar-refractivity contribution in [2.45, 2.75) is 44.9 Å². The van der Waals surface area contributed by atoms with Crippen LogP contribution < -0.4 is 28.9 Å². The van der Waals surface area contributed by atoms with Crippen LogP contribution in [0.4, 0.5) is 51.2 Å². The Bertz CT molecular complexity index is 4890. The minimum atomic E-state index is -0.531. The number of nitrogens with zero attached hydrogens (tertiary/aromatic N) is 4. The van der Waals surface area contributed by atoms with Gasteiger partial charge in [0.2, 0.25) is 0 Å². The van der Waals surface area contributed by atoms with E-state index in [1.807, 2.05) is 36.4 Å². The molecule has 0 spiro atoms. The maximum absolute atomic E-state index is 13.2. The lowest BCUT2D eigenvalue weighted by molar-refractivity contribution is 0.403. The second-order valence-electron chi connectivity index (χ2n) is 25.8. The Kier molecular flexibility index (Phi) is 12.9. The highest BCUT2D eigenvalue weighted by Crippen LogP contribution is 2.69. The Morgan fingerprint density at radius 2 is 0.484 bits per heavy atom. The quantitative estimate of drug-likeness (QED) is 0.143. The van der Waals surface area contributed by atoms with E-state index < -0.39 is 10.8 Å². The van der Waals surface area contributed by atoms with Crippen LogP contribution in [0.1, 0.15) is 50.8 Å². The first-order valence-corrected chi connectivity index (χ1v) is 31.8. The molecule has 13 aromatic rings. The van der Waals surface area contributed by atoms with Crippen LogP contribution in [0.15, 0.2) is 291 Å². The molecular formula is C86H62N4O3. The first kappa shape index (κ1) is 55.2. The predicted octanol–water partition coefficient (Wildman–Crippen LogP) is 24.2. The third kappa shape index (κ3) is 9.24. The first-order chi connectivity index (χ1) is 45.5. The van der Waals surface area contributed by atoms with Crippen molar-refractivity contribution in [2.24, 2.45) is 0 Å². The zero-order valence-electron chi connectivity index (χ0n) is 51.9. The molecule has 17 rings (SSSR count). The second kappa shape index (κ2) is 21.7. The average molecular weight is 1200 g/mol. The lowest BCUT2D eigenvalue weighted by atomic mass is 9.81. The summed E-state index contributed by atoms with van der Waals surface area (Å²) in [5, 5.41) is 13.2. The number of rotatable bonds is 9. The lowest BCUT2D eigenvalue weighted by Crippen LogP contribution is -2.28. The van der Waals surface area contributed by atoms with Crippen LogP contribution in [-0.2, 0) is 10.8 Å². The van der Waals surface area contributed by atoms with Crippen molar-refractivity contribution in [3.05, 3.63) is 308 Å². The largest absolute Gasteiger partial charge is 0.453 e. The number of fused-ring (bicyclic) bond motifs is 7. The van der Waals surface area contributed by atoms with E-state index in [1.54, 1.807) is 0 Å². The highest BCUT2D eigenvalue weighted by Gasteiger charge is 2.52. The van der Waals surface area contributed by atoms with Gasteiger partial charge in [-0.1, -0.05) is 246 Å². The first-order valence-electron chi connectivity index (χ1n) is 31.8. The molecule has 13 aromatic carbocycles. The van der Waals surface area contributed by atoms with Crippen molar-refractivity contribution in [1.29, 1.82) is 5.26 Å². The summed E-state index contributed by atoms with van der Waals surface area (Å²) in [6.07, 6.45) is 0.759. The maximum atomic E-state index is 13.2. The summed E-state index contributed by atoms with van der Waals surface area (Å²) < 4.78 is 22.0. The highest BCUT2D eigenvalue weighted by atomic mass is 16.5. The normalized spacial score (nSPS) is 14.1. The molecule has 1 aliphatic carbocycles. The smallest absolute Gasteiger partial charge is 0.152 e. The molecule has 444 valence electrons. The standard InChI is InChI=1S/C86H62N4O3/c1-85(2)54-86(3,4)81-80(85)82(88-68-41-35-61(55-23-11-5-12-24-55)47-74(68)91-75-48-62(36-42-69(75)88)56-25-13-6-14-26-56)67(53-87)83(89-70-43-37-63(57-27-15-7-16-28-57)49-76(70)92-77-50-64(38-44-71(77)89)58-29-17-8-18-30-58)84(81)90-72-45-39-65(59-31-19-9-20-32-59)51-78(72)93-79-52-66(40-46-73(79)90)60-33-21-10-22-34-60/h5-52H,54H2,1-4H3. The summed E-state index contributed by atoms with van der Waals surface area (Å²) in [6, 6.07) is 105. The van der Waals surface area contributed by atoms with Gasteiger partial charge in [0.05, 0.1) is 51.2 Å². The highest BCUT2D eigenvalue weighted by molar-refractivity contribution is 6.08. The Balaban J connectivity index is 1.03. The molecule has 4 aliphatic rings. The van der Waals surface area contributed by atoms with Crippen LogP contribution in [0.25, 0.3) is 66.8 Å². The monoisotopic (exact) mass is 1200 g/mol. The third-order valence-corrected chi connectivity index (χ3v) is 18.9. The maximum Gasteiger partial charge on any atom is 0.152 e. The summed E-state index contributed by atoms with van der Waals surface area (Å²) in [4.78, 5) is 7.11. The molecule has 0 aromatic heterocycles. The van der Waals surface area contributed by atoms with Crippen molar-refractivity contribution in [3.63, 3.8) is 0 Å². The lowest BCUT2D eigenvalue weighted by Gasteiger charge is -2.44. The molecule has 93 heavy (non-hydrogen) atoms. The van der Waals surface area contributed by atoms with E-state index in [4.69, 9.17) is 14.2 Å². The summed E-state index contributed by atoms with van der Waals surface area (Å²) >= 11 is 0. The van der Waals surface area contributed by atoms with Crippen molar-refractivity contribution in [2.75, 3.05) is 14.7 Å². The van der Waals surface area contributed by atoms with Crippen LogP contribution in [0.5, 0.6) is 34.5 Å². The molecule has 7 heteroatoms. The summed E-state index contributed by atoms with van der Waals surface area (Å²) in [7, 11) is 0. The van der Waals surface area contributed by atoms with E-state index in [2.05, 4.69) is 303 Å². The van der Waals surface area contributed by atoms with Gasteiger partial charge in [0.1, 0.15) is 11.6 Å². The van der Waals surface area contributed by atoms with Crippen molar-refractivity contribution >= 4 is 51.2 Å². The van der Waals surface area contributed by atoms with Gasteiger partial charge in [0.25, 0.3) is 0 Å². The van der Waals surface area contributed by atoms with E-state index >= 15 is 0 Å². The summed E-state index contributed by atoms with van der Waals surface area (Å²) in [5.41, 5.74) is 21.3. The zero-order chi connectivity index (χ0) is 62.5. The average Bonchev–Trinajstić information content (AvgIpc) is 1.64. The molecule has 3 heterocycles. The summed E-state index contributed by atoms with van der Waals surface area (Å²) in [6.45, 7) is 9.51. The minimum absolute atomic E-state index is 0.474. The fourth-order valence-electron chi connectivity index (χ4n) is 15.1. The van der Waals surface area contributed by atoms with E-state index in [1.165, 1.54) is 0 Å². The number of ether oxygens (including phenoxy) is 3. The molecular weight excluding hydrogens is 1140 g/mol. The molecule has 3 aliphatic heterocycles. The van der Waals surface area contributed by atoms with Crippen molar-refractivity contribution < 1.29 is 14.2 Å². The Morgan fingerprint density at radius 3 is 0.720 bits per heavy atom. The van der Waals surface area contributed by atoms with Gasteiger partial charge in [0.15, 0.2) is 34.5 Å². The fraction of sp³-hybridized carbons (Fsp3) is 0.0814. The van der Waals surface area contributed by atoms with E-state index in [9.17, 15) is 5.26 Å². The number of hydrogen-bond donors (Lipinski definition) is 0. The van der Waals surface area contributed by atoms with Gasteiger partial charge >= 0.3 is 0 Å². The van der Waals surface area contributed by atoms with Gasteiger partial charge in [-0.25, -0.2) is 0 Å².